The van der Waals surface area contributed by atoms with Crippen LogP contribution in [0.25, 0.3) is 0 Å². The van der Waals surface area contributed by atoms with Crippen molar-refractivity contribution in [3.05, 3.63) is 28.8 Å². The van der Waals surface area contributed by atoms with Gasteiger partial charge in [0.05, 0.1) is 15.5 Å². The Morgan fingerprint density at radius 3 is 2.58 bits per heavy atom. The van der Waals surface area contributed by atoms with E-state index in [1.165, 1.54) is 22.5 Å². The molecule has 0 bridgehead atoms. The fourth-order valence-corrected chi connectivity index (χ4v) is 4.32. The summed E-state index contributed by atoms with van der Waals surface area (Å²) in [6.07, 6.45) is 2.50. The average Bonchev–Trinajstić information content (AvgIpc) is 2.55. The third kappa shape index (κ3) is 4.29. The molecule has 1 fully saturated rings. The van der Waals surface area contributed by atoms with Crippen molar-refractivity contribution in [3.8, 4) is 0 Å². The van der Waals surface area contributed by atoms with E-state index >= 15 is 0 Å². The first-order valence-corrected chi connectivity index (χ1v) is 10.2. The maximum absolute atomic E-state index is 12.8. The summed E-state index contributed by atoms with van der Waals surface area (Å²) in [6.45, 7) is 7.01. The molecule has 5 nitrogen and oxygen atoms in total. The first-order chi connectivity index (χ1) is 11.3. The highest BCUT2D eigenvalue weighted by atomic mass is 35.5. The lowest BCUT2D eigenvalue weighted by molar-refractivity contribution is 0.0939. The Labute approximate surface area is 149 Å². The number of carbonyl (C=O) groups is 1. The second-order valence-corrected chi connectivity index (χ2v) is 8.86. The highest BCUT2D eigenvalue weighted by Crippen LogP contribution is 2.26. The number of rotatable bonds is 5. The van der Waals surface area contributed by atoms with E-state index in [0.29, 0.717) is 19.0 Å². The van der Waals surface area contributed by atoms with E-state index in [9.17, 15) is 13.2 Å². The molecule has 1 atom stereocenters. The van der Waals surface area contributed by atoms with Gasteiger partial charge < -0.3 is 5.32 Å². The van der Waals surface area contributed by atoms with Crippen molar-refractivity contribution in [2.75, 3.05) is 13.1 Å². The summed E-state index contributed by atoms with van der Waals surface area (Å²) in [4.78, 5) is 12.5. The summed E-state index contributed by atoms with van der Waals surface area (Å²) in [5, 5.41) is 3.07. The molecule has 24 heavy (non-hydrogen) atoms. The predicted octanol–water partition coefficient (Wildman–Crippen LogP) is 3.29. The number of hydrogen-bond donors (Lipinski definition) is 1. The van der Waals surface area contributed by atoms with Gasteiger partial charge in [-0.25, -0.2) is 8.42 Å². The zero-order valence-electron chi connectivity index (χ0n) is 14.4. The number of piperidine rings is 1. The molecule has 1 aromatic rings. The Morgan fingerprint density at radius 2 is 2.00 bits per heavy atom. The normalized spacial score (nSPS) is 18.3. The number of amides is 1. The van der Waals surface area contributed by atoms with E-state index in [-0.39, 0.29) is 27.4 Å². The van der Waals surface area contributed by atoms with Crippen molar-refractivity contribution in [3.63, 3.8) is 0 Å². The van der Waals surface area contributed by atoms with Crippen molar-refractivity contribution in [2.45, 2.75) is 51.0 Å². The Kier molecular flexibility index (Phi) is 6.28. The van der Waals surface area contributed by atoms with E-state index in [4.69, 9.17) is 11.6 Å². The van der Waals surface area contributed by atoms with Gasteiger partial charge in [0.1, 0.15) is 0 Å². The lowest BCUT2D eigenvalue weighted by Gasteiger charge is -2.29. The topological polar surface area (TPSA) is 66.5 Å². The van der Waals surface area contributed by atoms with Gasteiger partial charge in [-0.2, -0.15) is 4.31 Å². The van der Waals surface area contributed by atoms with Crippen molar-refractivity contribution in [2.24, 2.45) is 5.92 Å². The van der Waals surface area contributed by atoms with Gasteiger partial charge in [-0.05, 0) is 50.3 Å². The Hall–Kier alpha value is -1.11. The maximum atomic E-state index is 12.8. The first kappa shape index (κ1) is 19.2. The zero-order chi connectivity index (χ0) is 17.9. The number of nitrogens with one attached hydrogen (secondary N) is 1. The quantitative estimate of drug-likeness (QED) is 0.862. The first-order valence-electron chi connectivity index (χ1n) is 8.36. The molecule has 1 heterocycles. The molecule has 0 saturated carbocycles. The van der Waals surface area contributed by atoms with Crippen molar-refractivity contribution < 1.29 is 13.2 Å². The molecule has 0 spiro atoms. The molecule has 1 aliphatic rings. The molecule has 1 N–H and O–H groups in total. The van der Waals surface area contributed by atoms with Gasteiger partial charge in [0, 0.05) is 19.1 Å². The standard InChI is InChI=1S/C17H25ClN2O3S/c1-4-13(3)19-17(21)15-11-14(5-6-16(15)18)24(22,23)20-9-7-12(2)8-10-20/h5-6,11-13H,4,7-10H2,1-3H3,(H,19,21). The number of nitrogens with zero attached hydrogens (tertiary/aromatic N) is 1. The van der Waals surface area contributed by atoms with Gasteiger partial charge in [-0.3, -0.25) is 4.79 Å². The smallest absolute Gasteiger partial charge is 0.253 e. The summed E-state index contributed by atoms with van der Waals surface area (Å²) in [7, 11) is -3.60. The molecule has 1 saturated heterocycles. The van der Waals surface area contributed by atoms with Gasteiger partial charge >= 0.3 is 0 Å². The minimum Gasteiger partial charge on any atom is -0.350 e. The van der Waals surface area contributed by atoms with Crippen LogP contribution in [-0.2, 0) is 10.0 Å². The third-order valence-corrected chi connectivity index (χ3v) is 6.78. The number of hydrogen-bond acceptors (Lipinski definition) is 3. The lowest BCUT2D eigenvalue weighted by atomic mass is 10.0. The van der Waals surface area contributed by atoms with Crippen LogP contribution in [-0.4, -0.2) is 37.8 Å². The molecule has 134 valence electrons. The largest absolute Gasteiger partial charge is 0.350 e. The molecule has 1 aromatic carbocycles. The predicted molar refractivity (Wildman–Crippen MR) is 95.8 cm³/mol. The lowest BCUT2D eigenvalue weighted by Crippen LogP contribution is -2.38. The summed E-state index contributed by atoms with van der Waals surface area (Å²) in [5.74, 6) is 0.192. The Morgan fingerprint density at radius 1 is 1.38 bits per heavy atom. The maximum Gasteiger partial charge on any atom is 0.253 e. The van der Waals surface area contributed by atoms with Crippen LogP contribution < -0.4 is 5.32 Å². The van der Waals surface area contributed by atoms with E-state index in [1.54, 1.807) is 0 Å². The van der Waals surface area contributed by atoms with Gasteiger partial charge in [0.25, 0.3) is 5.91 Å². The zero-order valence-corrected chi connectivity index (χ0v) is 16.0. The van der Waals surface area contributed by atoms with Crippen LogP contribution in [0.2, 0.25) is 5.02 Å². The van der Waals surface area contributed by atoms with Crippen molar-refractivity contribution in [1.29, 1.82) is 0 Å². The summed E-state index contributed by atoms with van der Waals surface area (Å²) in [6, 6.07) is 4.33. The molecule has 7 heteroatoms. The minimum atomic E-state index is -3.60. The minimum absolute atomic E-state index is 0.00240. The van der Waals surface area contributed by atoms with E-state index in [2.05, 4.69) is 12.2 Å². The third-order valence-electron chi connectivity index (χ3n) is 4.55. The fourth-order valence-electron chi connectivity index (χ4n) is 2.62. The number of benzene rings is 1. The monoisotopic (exact) mass is 372 g/mol. The van der Waals surface area contributed by atoms with Crippen LogP contribution in [0.3, 0.4) is 0 Å². The molecule has 1 unspecified atom stereocenters. The van der Waals surface area contributed by atoms with Gasteiger partial charge in [-0.1, -0.05) is 25.4 Å². The number of sulfonamides is 1. The van der Waals surface area contributed by atoms with Crippen LogP contribution in [0, 0.1) is 5.92 Å². The number of halogens is 1. The average molecular weight is 373 g/mol. The van der Waals surface area contributed by atoms with E-state index < -0.39 is 10.0 Å². The SMILES string of the molecule is CCC(C)NC(=O)c1cc(S(=O)(=O)N2CCC(C)CC2)ccc1Cl. The highest BCUT2D eigenvalue weighted by Gasteiger charge is 2.29. The van der Waals surface area contributed by atoms with E-state index in [1.807, 2.05) is 13.8 Å². The van der Waals surface area contributed by atoms with Crippen LogP contribution >= 0.6 is 11.6 Å². The summed E-state index contributed by atoms with van der Waals surface area (Å²) in [5.41, 5.74) is 0.198. The fraction of sp³-hybridized carbons (Fsp3) is 0.588. The van der Waals surface area contributed by atoms with Crippen LogP contribution in [0.4, 0.5) is 0 Å². The molecule has 1 amide bonds. The van der Waals surface area contributed by atoms with Crippen LogP contribution in [0.1, 0.15) is 50.4 Å². The molecule has 2 rings (SSSR count). The van der Waals surface area contributed by atoms with E-state index in [0.717, 1.165) is 19.3 Å². The molecule has 0 radical (unpaired) electrons. The highest BCUT2D eigenvalue weighted by molar-refractivity contribution is 7.89. The molecular weight excluding hydrogens is 348 g/mol. The molecule has 0 aliphatic carbocycles. The Bertz CT molecular complexity index is 698. The molecule has 0 aromatic heterocycles. The van der Waals surface area contributed by atoms with Crippen LogP contribution in [0.15, 0.2) is 23.1 Å². The molecule has 1 aliphatic heterocycles. The van der Waals surface area contributed by atoms with Gasteiger partial charge in [0.15, 0.2) is 0 Å². The second-order valence-electron chi connectivity index (χ2n) is 6.51. The summed E-state index contributed by atoms with van der Waals surface area (Å²) < 4.78 is 27.1. The van der Waals surface area contributed by atoms with Gasteiger partial charge in [0.2, 0.25) is 10.0 Å². The van der Waals surface area contributed by atoms with Crippen molar-refractivity contribution >= 4 is 27.5 Å². The number of carbonyl (C=O) groups excluding carboxylic acids is 1. The van der Waals surface area contributed by atoms with Gasteiger partial charge in [-0.15, -0.1) is 0 Å². The van der Waals surface area contributed by atoms with Crippen molar-refractivity contribution in [1.82, 2.24) is 9.62 Å². The van der Waals surface area contributed by atoms with Crippen LogP contribution in [0.5, 0.6) is 0 Å². The second kappa shape index (κ2) is 7.85. The Balaban J connectivity index is 2.28. The molecular formula is C17H25ClN2O3S. The summed E-state index contributed by atoms with van der Waals surface area (Å²) >= 11 is 6.10.